The number of rotatable bonds is 0. The van der Waals surface area contributed by atoms with Crippen LogP contribution in [0.25, 0.3) is 0 Å². The van der Waals surface area contributed by atoms with E-state index < -0.39 is 0 Å². The minimum absolute atomic E-state index is 0. The Morgan fingerprint density at radius 1 is 1.20 bits per heavy atom. The first-order chi connectivity index (χ1) is 7.00. The topological polar surface area (TPSA) is 15.8 Å². The molecule has 1 N–H and O–H groups in total. The molecule has 84 valence electrons. The summed E-state index contributed by atoms with van der Waals surface area (Å²) in [7, 11) is 0. The molecule has 1 aromatic rings. The van der Waals surface area contributed by atoms with Crippen LogP contribution in [0, 0.1) is 26.1 Å². The first-order valence-corrected chi connectivity index (χ1v) is 4.63. The van der Waals surface area contributed by atoms with Crippen molar-refractivity contribution in [3.63, 3.8) is 0 Å². The summed E-state index contributed by atoms with van der Waals surface area (Å²) >= 11 is 0. The molecule has 0 bridgehead atoms. The minimum atomic E-state index is 0. The van der Waals surface area contributed by atoms with Crippen molar-refractivity contribution in [1.82, 2.24) is 4.98 Å². The maximum atomic E-state index is 3.25. The van der Waals surface area contributed by atoms with E-state index >= 15 is 0 Å². The molecular weight excluding hydrogens is 271 g/mol. The van der Waals surface area contributed by atoms with Gasteiger partial charge >= 0.3 is 19.5 Å². The molecule has 0 fully saturated rings. The average molecular weight is 290 g/mol. The van der Waals surface area contributed by atoms with Gasteiger partial charge in [-0.3, -0.25) is 6.08 Å². The van der Waals surface area contributed by atoms with Gasteiger partial charge in [-0.1, -0.05) is 0 Å². The monoisotopic (exact) mass is 291 g/mol. The molecule has 1 aliphatic carbocycles. The molecule has 2 rings (SSSR count). The van der Waals surface area contributed by atoms with E-state index in [2.05, 4.69) is 37.2 Å². The summed E-state index contributed by atoms with van der Waals surface area (Å²) < 4.78 is 0. The van der Waals surface area contributed by atoms with Crippen molar-refractivity contribution in [2.45, 2.75) is 20.3 Å². The van der Waals surface area contributed by atoms with E-state index in [-0.39, 0.29) is 19.5 Å². The molecule has 0 spiro atoms. The van der Waals surface area contributed by atoms with E-state index in [0.717, 1.165) is 6.42 Å². The zero-order valence-corrected chi connectivity index (χ0v) is 11.2. The second-order valence-electron chi connectivity index (χ2n) is 1.82. The van der Waals surface area contributed by atoms with E-state index in [4.69, 9.17) is 0 Å². The van der Waals surface area contributed by atoms with E-state index in [1.165, 1.54) is 0 Å². The zero-order chi connectivity index (χ0) is 11.1. The molecule has 1 heterocycles. The molecule has 0 aromatic carbocycles. The maximum Gasteiger partial charge on any atom is 4.00 e. The fourth-order valence-corrected chi connectivity index (χ4v) is 0.581. The Labute approximate surface area is 107 Å². The zero-order valence-electron chi connectivity index (χ0n) is 9.44. The van der Waals surface area contributed by atoms with E-state index in [0.29, 0.717) is 0 Å². The molecule has 1 aliphatic rings. The van der Waals surface area contributed by atoms with Gasteiger partial charge < -0.3 is 18.8 Å². The smallest absolute Gasteiger partial charge is 0.484 e. The summed E-state index contributed by atoms with van der Waals surface area (Å²) in [6.07, 6.45) is 14.6. The van der Waals surface area contributed by atoms with Gasteiger partial charge in [0, 0.05) is 0 Å². The second-order valence-corrected chi connectivity index (χ2v) is 1.82. The summed E-state index contributed by atoms with van der Waals surface area (Å²) in [6, 6.07) is 3.71. The molecule has 0 aliphatic heterocycles. The first-order valence-electron chi connectivity index (χ1n) is 4.63. The molecule has 0 radical (unpaired) electrons. The van der Waals surface area contributed by atoms with Crippen molar-refractivity contribution in [3.8, 4) is 0 Å². The third kappa shape index (κ3) is 19.7. The van der Waals surface area contributed by atoms with Crippen LogP contribution >= 0.6 is 0 Å². The Balaban J connectivity index is -0.000000138. The standard InChI is InChI=1S/C5H5.C4H4N.2C2H5.Ru/c2*1-2-4-5-3-1;2*1-2;/h1-3H,4H2;1-3,5H;2*1H2,2H3;/q4*-1;+4. The molecule has 0 unspecified atom stereocenters. The van der Waals surface area contributed by atoms with Crippen molar-refractivity contribution in [3.05, 3.63) is 62.7 Å². The van der Waals surface area contributed by atoms with Gasteiger partial charge in [-0.25, -0.2) is 12.2 Å². The number of hydrogen-bond donors (Lipinski definition) is 1. The van der Waals surface area contributed by atoms with Crippen LogP contribution < -0.4 is 0 Å². The molecule has 0 atom stereocenters. The first kappa shape index (κ1) is 19.9. The Bertz CT molecular complexity index is 173. The molecule has 1 aromatic heterocycles. The van der Waals surface area contributed by atoms with Gasteiger partial charge in [0.1, 0.15) is 0 Å². The Kier molecular flexibility index (Phi) is 30.9. The Hall–Kier alpha value is -0.617. The normalized spacial score (nSPS) is 9.33. The van der Waals surface area contributed by atoms with Gasteiger partial charge in [0.25, 0.3) is 0 Å². The van der Waals surface area contributed by atoms with Crippen molar-refractivity contribution < 1.29 is 19.5 Å². The van der Waals surface area contributed by atoms with Gasteiger partial charge in [-0.2, -0.15) is 38.3 Å². The van der Waals surface area contributed by atoms with Crippen molar-refractivity contribution in [2.24, 2.45) is 0 Å². The van der Waals surface area contributed by atoms with Crippen molar-refractivity contribution >= 4 is 0 Å². The van der Waals surface area contributed by atoms with Gasteiger partial charge in [0.2, 0.25) is 0 Å². The average Bonchev–Trinajstić information content (AvgIpc) is 3.01. The van der Waals surface area contributed by atoms with Crippen LogP contribution in [0.4, 0.5) is 0 Å². The summed E-state index contributed by atoms with van der Waals surface area (Å²) in [4.78, 5) is 2.74. The predicted molar refractivity (Wildman–Crippen MR) is 63.3 cm³/mol. The summed E-state index contributed by atoms with van der Waals surface area (Å²) in [6.45, 7) is 10.0. The summed E-state index contributed by atoms with van der Waals surface area (Å²) in [5.74, 6) is 0. The quantitative estimate of drug-likeness (QED) is 0.552. The molecule has 2 heteroatoms. The third-order valence-corrected chi connectivity index (χ3v) is 1.03. The third-order valence-electron chi connectivity index (χ3n) is 1.03. The molecule has 0 saturated carbocycles. The fourth-order valence-electron chi connectivity index (χ4n) is 0.581. The summed E-state index contributed by atoms with van der Waals surface area (Å²) in [5, 5.41) is 0. The predicted octanol–water partition coefficient (Wildman–Crippen LogP) is 3.80. The molecule has 1 nitrogen and oxygen atoms in total. The second kappa shape index (κ2) is 23.3. The molecule has 0 saturated heterocycles. The van der Waals surface area contributed by atoms with Crippen LogP contribution in [0.2, 0.25) is 0 Å². The van der Waals surface area contributed by atoms with Crippen LogP contribution in [0.5, 0.6) is 0 Å². The van der Waals surface area contributed by atoms with Gasteiger partial charge in [0.15, 0.2) is 0 Å². The minimum Gasteiger partial charge on any atom is -0.484 e. The van der Waals surface area contributed by atoms with Crippen molar-refractivity contribution in [2.75, 3.05) is 0 Å². The Morgan fingerprint density at radius 3 is 2.00 bits per heavy atom. The number of hydrogen-bond acceptors (Lipinski definition) is 0. The van der Waals surface area contributed by atoms with Crippen molar-refractivity contribution in [1.29, 1.82) is 0 Å². The van der Waals surface area contributed by atoms with Gasteiger partial charge in [-0.05, 0) is 0 Å². The number of aromatic amines is 1. The maximum absolute atomic E-state index is 3.25. The molecular formula is C13H19NRu. The SMILES string of the molecule is [C-]1=CC=CC1.[CH2-]C.[CH2-]C.[Ru+4].[c-]1ccc[nH]1. The molecule has 15 heavy (non-hydrogen) atoms. The van der Waals surface area contributed by atoms with Crippen LogP contribution in [-0.2, 0) is 19.5 Å². The van der Waals surface area contributed by atoms with Gasteiger partial charge in [0.05, 0.1) is 0 Å². The van der Waals surface area contributed by atoms with Gasteiger partial charge in [-0.15, -0.1) is 12.6 Å². The largest absolute Gasteiger partial charge is 4.00 e. The number of aromatic nitrogens is 1. The van der Waals surface area contributed by atoms with E-state index in [1.807, 2.05) is 30.5 Å². The Morgan fingerprint density at radius 2 is 1.87 bits per heavy atom. The number of allylic oxidation sites excluding steroid dienone is 4. The van der Waals surface area contributed by atoms with Crippen LogP contribution in [-0.4, -0.2) is 4.98 Å². The van der Waals surface area contributed by atoms with Crippen LogP contribution in [0.15, 0.2) is 36.6 Å². The van der Waals surface area contributed by atoms with E-state index in [1.54, 1.807) is 13.8 Å². The molecule has 0 amide bonds. The summed E-state index contributed by atoms with van der Waals surface area (Å²) in [5.41, 5.74) is 0. The van der Waals surface area contributed by atoms with E-state index in [9.17, 15) is 0 Å². The van der Waals surface area contributed by atoms with Crippen LogP contribution in [0.1, 0.15) is 20.3 Å². The van der Waals surface area contributed by atoms with Crippen LogP contribution in [0.3, 0.4) is 0 Å². The number of H-pyrrole nitrogens is 1. The fraction of sp³-hybridized carbons (Fsp3) is 0.231. The number of nitrogens with one attached hydrogen (secondary N) is 1.